The molecule has 118 valence electrons. The van der Waals surface area contributed by atoms with E-state index in [0.29, 0.717) is 6.04 Å². The molecule has 1 N–H and O–H groups in total. The highest BCUT2D eigenvalue weighted by Crippen LogP contribution is 2.34. The van der Waals surface area contributed by atoms with E-state index in [0.717, 1.165) is 31.2 Å². The van der Waals surface area contributed by atoms with Crippen molar-refractivity contribution in [3.8, 4) is 5.75 Å². The first-order valence-corrected chi connectivity index (χ1v) is 8.81. The van der Waals surface area contributed by atoms with Crippen molar-refractivity contribution in [1.29, 1.82) is 0 Å². The number of ether oxygens (including phenoxy) is 1. The second kappa shape index (κ2) is 9.09. The van der Waals surface area contributed by atoms with Crippen LogP contribution in [0.15, 0.2) is 24.3 Å². The van der Waals surface area contributed by atoms with Crippen LogP contribution in [-0.4, -0.2) is 13.2 Å². The molecule has 1 aromatic rings. The van der Waals surface area contributed by atoms with Crippen molar-refractivity contribution in [2.45, 2.75) is 64.8 Å². The molecule has 1 aliphatic rings. The molecule has 0 spiro atoms. The van der Waals surface area contributed by atoms with E-state index in [-0.39, 0.29) is 0 Å². The predicted molar refractivity (Wildman–Crippen MR) is 89.8 cm³/mol. The average Bonchev–Trinajstić information content (AvgIpc) is 2.80. The van der Waals surface area contributed by atoms with E-state index >= 15 is 0 Å². The van der Waals surface area contributed by atoms with Crippen LogP contribution in [0.25, 0.3) is 0 Å². The van der Waals surface area contributed by atoms with Gasteiger partial charge >= 0.3 is 0 Å². The third kappa shape index (κ3) is 5.03. The molecule has 1 aliphatic carbocycles. The van der Waals surface area contributed by atoms with E-state index < -0.39 is 0 Å². The Morgan fingerprint density at radius 2 is 1.90 bits per heavy atom. The van der Waals surface area contributed by atoms with Crippen molar-refractivity contribution in [3.05, 3.63) is 29.8 Å². The molecule has 0 radical (unpaired) electrons. The van der Waals surface area contributed by atoms with Crippen LogP contribution in [0.5, 0.6) is 5.75 Å². The van der Waals surface area contributed by atoms with Crippen LogP contribution in [-0.2, 0) is 0 Å². The smallest absolute Gasteiger partial charge is 0.119 e. The molecule has 1 fully saturated rings. The zero-order valence-electron chi connectivity index (χ0n) is 13.7. The zero-order valence-corrected chi connectivity index (χ0v) is 13.7. The van der Waals surface area contributed by atoms with E-state index in [9.17, 15) is 0 Å². The minimum absolute atomic E-state index is 0.485. The summed E-state index contributed by atoms with van der Waals surface area (Å²) in [7, 11) is 0. The summed E-state index contributed by atoms with van der Waals surface area (Å²) in [6.07, 6.45) is 9.38. The first-order chi connectivity index (χ1) is 10.3. The molecule has 0 saturated heterocycles. The summed E-state index contributed by atoms with van der Waals surface area (Å²) in [6, 6.07) is 9.21. The van der Waals surface area contributed by atoms with Gasteiger partial charge in [0.25, 0.3) is 0 Å². The minimum atomic E-state index is 0.485. The van der Waals surface area contributed by atoms with Crippen LogP contribution in [0, 0.1) is 5.92 Å². The molecule has 0 heterocycles. The van der Waals surface area contributed by atoms with Crippen molar-refractivity contribution in [3.63, 3.8) is 0 Å². The summed E-state index contributed by atoms with van der Waals surface area (Å²) in [5.74, 6) is 1.79. The maximum atomic E-state index is 5.81. The summed E-state index contributed by atoms with van der Waals surface area (Å²) in [5.41, 5.74) is 1.40. The SMILES string of the molecule is CCCOc1cccc(C(NCC)C2CCCCCC2)c1. The Morgan fingerprint density at radius 3 is 2.57 bits per heavy atom. The van der Waals surface area contributed by atoms with Gasteiger partial charge in [-0.05, 0) is 49.4 Å². The average molecular weight is 289 g/mol. The zero-order chi connectivity index (χ0) is 14.9. The van der Waals surface area contributed by atoms with E-state index in [4.69, 9.17) is 4.74 Å². The largest absolute Gasteiger partial charge is 0.494 e. The van der Waals surface area contributed by atoms with Gasteiger partial charge in [-0.15, -0.1) is 0 Å². The molecule has 2 heteroatoms. The Balaban J connectivity index is 2.12. The van der Waals surface area contributed by atoms with E-state index in [1.807, 2.05) is 0 Å². The molecule has 0 bridgehead atoms. The molecule has 21 heavy (non-hydrogen) atoms. The third-order valence-electron chi connectivity index (χ3n) is 4.49. The Kier molecular flexibility index (Phi) is 7.08. The van der Waals surface area contributed by atoms with Crippen LogP contribution >= 0.6 is 0 Å². The standard InChI is InChI=1S/C19H31NO/c1-3-14-21-18-13-9-12-17(15-18)19(20-4-2)16-10-7-5-6-8-11-16/h9,12-13,15-16,19-20H,3-8,10-11,14H2,1-2H3. The van der Waals surface area contributed by atoms with Crippen LogP contribution < -0.4 is 10.1 Å². The van der Waals surface area contributed by atoms with Crippen LogP contribution in [0.4, 0.5) is 0 Å². The fraction of sp³-hybridized carbons (Fsp3) is 0.684. The van der Waals surface area contributed by atoms with Crippen LogP contribution in [0.2, 0.25) is 0 Å². The lowest BCUT2D eigenvalue weighted by Crippen LogP contribution is -2.28. The van der Waals surface area contributed by atoms with Gasteiger partial charge in [0.2, 0.25) is 0 Å². The van der Waals surface area contributed by atoms with E-state index in [1.54, 1.807) is 0 Å². The van der Waals surface area contributed by atoms with Crippen LogP contribution in [0.1, 0.15) is 70.4 Å². The summed E-state index contributed by atoms with van der Waals surface area (Å²) < 4.78 is 5.81. The predicted octanol–water partition coefficient (Wildman–Crippen LogP) is 5.10. The molecule has 0 aromatic heterocycles. The van der Waals surface area contributed by atoms with E-state index in [2.05, 4.69) is 43.4 Å². The number of benzene rings is 1. The fourth-order valence-electron chi connectivity index (χ4n) is 3.44. The summed E-state index contributed by atoms with van der Waals surface area (Å²) in [5, 5.41) is 3.72. The molecule has 1 unspecified atom stereocenters. The topological polar surface area (TPSA) is 21.3 Å². The van der Waals surface area contributed by atoms with Crippen molar-refractivity contribution < 1.29 is 4.74 Å². The van der Waals surface area contributed by atoms with Gasteiger partial charge in [-0.1, -0.05) is 51.7 Å². The lowest BCUT2D eigenvalue weighted by Gasteiger charge is -2.28. The second-order valence-corrected chi connectivity index (χ2v) is 6.21. The summed E-state index contributed by atoms with van der Waals surface area (Å²) >= 11 is 0. The van der Waals surface area contributed by atoms with E-state index in [1.165, 1.54) is 44.1 Å². The lowest BCUT2D eigenvalue weighted by atomic mass is 9.87. The summed E-state index contributed by atoms with van der Waals surface area (Å²) in [6.45, 7) is 6.19. The number of hydrogen-bond donors (Lipinski definition) is 1. The molecule has 0 aliphatic heterocycles. The molecule has 1 saturated carbocycles. The molecular weight excluding hydrogens is 258 g/mol. The first kappa shape index (κ1) is 16.4. The highest BCUT2D eigenvalue weighted by atomic mass is 16.5. The molecule has 2 nitrogen and oxygen atoms in total. The van der Waals surface area contributed by atoms with Crippen molar-refractivity contribution in [2.24, 2.45) is 5.92 Å². The number of rotatable bonds is 7. The van der Waals surface area contributed by atoms with Gasteiger partial charge < -0.3 is 10.1 Å². The Hall–Kier alpha value is -1.02. The fourth-order valence-corrected chi connectivity index (χ4v) is 3.44. The number of hydrogen-bond acceptors (Lipinski definition) is 2. The van der Waals surface area contributed by atoms with Gasteiger partial charge in [0.05, 0.1) is 6.61 Å². The molecule has 1 atom stereocenters. The summed E-state index contributed by atoms with van der Waals surface area (Å²) in [4.78, 5) is 0. The first-order valence-electron chi connectivity index (χ1n) is 8.81. The lowest BCUT2D eigenvalue weighted by molar-refractivity contribution is 0.311. The van der Waals surface area contributed by atoms with Gasteiger partial charge in [-0.25, -0.2) is 0 Å². The molecule has 2 rings (SSSR count). The Labute approximate surface area is 130 Å². The minimum Gasteiger partial charge on any atom is -0.494 e. The highest BCUT2D eigenvalue weighted by Gasteiger charge is 2.23. The van der Waals surface area contributed by atoms with Crippen molar-refractivity contribution in [2.75, 3.05) is 13.2 Å². The Bertz CT molecular complexity index is 396. The van der Waals surface area contributed by atoms with Crippen molar-refractivity contribution in [1.82, 2.24) is 5.32 Å². The molecule has 0 amide bonds. The van der Waals surface area contributed by atoms with Crippen molar-refractivity contribution >= 4 is 0 Å². The second-order valence-electron chi connectivity index (χ2n) is 6.21. The Morgan fingerprint density at radius 1 is 1.14 bits per heavy atom. The van der Waals surface area contributed by atoms with Gasteiger partial charge in [0.1, 0.15) is 5.75 Å². The third-order valence-corrected chi connectivity index (χ3v) is 4.49. The normalized spacial score (nSPS) is 18.2. The maximum Gasteiger partial charge on any atom is 0.119 e. The van der Waals surface area contributed by atoms with Crippen LogP contribution in [0.3, 0.4) is 0 Å². The van der Waals surface area contributed by atoms with Gasteiger partial charge in [-0.3, -0.25) is 0 Å². The molecular formula is C19H31NO. The van der Waals surface area contributed by atoms with Gasteiger partial charge in [0.15, 0.2) is 0 Å². The maximum absolute atomic E-state index is 5.81. The quantitative estimate of drug-likeness (QED) is 0.705. The highest BCUT2D eigenvalue weighted by molar-refractivity contribution is 5.31. The van der Waals surface area contributed by atoms with Gasteiger partial charge in [0, 0.05) is 6.04 Å². The molecule has 1 aromatic carbocycles. The number of nitrogens with one attached hydrogen (secondary N) is 1. The van der Waals surface area contributed by atoms with Gasteiger partial charge in [-0.2, -0.15) is 0 Å². The monoisotopic (exact) mass is 289 g/mol.